The van der Waals surface area contributed by atoms with Crippen molar-refractivity contribution >= 4 is 18.1 Å². The van der Waals surface area contributed by atoms with E-state index in [9.17, 15) is 14.7 Å². The summed E-state index contributed by atoms with van der Waals surface area (Å²) in [4.78, 5) is 29.5. The van der Waals surface area contributed by atoms with Crippen molar-refractivity contribution in [3.63, 3.8) is 0 Å². The Morgan fingerprint density at radius 2 is 1.82 bits per heavy atom. The van der Waals surface area contributed by atoms with Gasteiger partial charge in [-0.2, -0.15) is 0 Å². The lowest BCUT2D eigenvalue weighted by molar-refractivity contribution is -0.130. The number of nitrogens with zero attached hydrogens (tertiary/aromatic N) is 2. The van der Waals surface area contributed by atoms with E-state index < -0.39 is 11.6 Å². The van der Waals surface area contributed by atoms with Gasteiger partial charge in [-0.05, 0) is 41.9 Å². The summed E-state index contributed by atoms with van der Waals surface area (Å²) in [6.07, 6.45) is 0.697. The number of carbonyl (C=O) groups is 1. The Kier molecular flexibility index (Phi) is 4.60. The molecule has 6 nitrogen and oxygen atoms in total. The smallest absolute Gasteiger partial charge is 0.261 e. The zero-order valence-corrected chi connectivity index (χ0v) is 16.1. The number of fused-ring (bicyclic) bond motifs is 1. The number of para-hydroxylation sites is 1. The first kappa shape index (κ1) is 18.2. The molecule has 2 N–H and O–H groups in total. The Morgan fingerprint density at radius 3 is 2.54 bits per heavy atom. The van der Waals surface area contributed by atoms with Crippen LogP contribution in [-0.2, 0) is 11.2 Å². The van der Waals surface area contributed by atoms with Crippen LogP contribution in [0, 0.1) is 4.77 Å². The fourth-order valence-corrected chi connectivity index (χ4v) is 4.10. The third-order valence-corrected chi connectivity index (χ3v) is 5.38. The summed E-state index contributed by atoms with van der Waals surface area (Å²) < 4.78 is 1.51. The Bertz CT molecular complexity index is 1170. The monoisotopic (exact) mass is 393 g/mol. The number of hydrogen-bond donors (Lipinski definition) is 2. The van der Waals surface area contributed by atoms with Gasteiger partial charge in [-0.15, -0.1) is 0 Å². The Morgan fingerprint density at radius 1 is 1.14 bits per heavy atom. The van der Waals surface area contributed by atoms with Crippen LogP contribution in [0.2, 0.25) is 0 Å². The number of hydrogen-bond acceptors (Lipinski definition) is 4. The van der Waals surface area contributed by atoms with E-state index in [-0.39, 0.29) is 22.1 Å². The predicted molar refractivity (Wildman–Crippen MR) is 108 cm³/mol. The molecular formula is C21H19N3O3S. The minimum absolute atomic E-state index is 0.0934. The SMILES string of the molecule is CC(=O)N1CCc2ccccc2[C@@H]1c1c(O)n(-c2ccccc2)c(=S)[nH]c1=O. The molecule has 1 atom stereocenters. The van der Waals surface area contributed by atoms with Crippen molar-refractivity contribution in [1.82, 2.24) is 14.5 Å². The highest BCUT2D eigenvalue weighted by Gasteiger charge is 2.35. The first-order valence-electron chi connectivity index (χ1n) is 8.97. The van der Waals surface area contributed by atoms with E-state index >= 15 is 0 Å². The number of benzene rings is 2. The maximum absolute atomic E-state index is 12.9. The van der Waals surface area contributed by atoms with Crippen molar-refractivity contribution in [2.45, 2.75) is 19.4 Å². The third kappa shape index (κ3) is 2.93. The van der Waals surface area contributed by atoms with Gasteiger partial charge in [-0.3, -0.25) is 19.1 Å². The van der Waals surface area contributed by atoms with Gasteiger partial charge in [-0.25, -0.2) is 0 Å². The molecule has 0 radical (unpaired) electrons. The second-order valence-corrected chi connectivity index (χ2v) is 7.12. The number of aromatic amines is 1. The molecule has 1 amide bonds. The van der Waals surface area contributed by atoms with E-state index in [4.69, 9.17) is 12.2 Å². The third-order valence-electron chi connectivity index (χ3n) is 5.10. The average molecular weight is 393 g/mol. The van der Waals surface area contributed by atoms with Crippen molar-refractivity contribution in [3.05, 3.63) is 86.4 Å². The summed E-state index contributed by atoms with van der Waals surface area (Å²) in [5.74, 6) is -0.417. The summed E-state index contributed by atoms with van der Waals surface area (Å²) >= 11 is 5.30. The topological polar surface area (TPSA) is 78.3 Å². The van der Waals surface area contributed by atoms with Gasteiger partial charge in [0.2, 0.25) is 11.8 Å². The number of amides is 1. The number of aromatic hydroxyl groups is 1. The van der Waals surface area contributed by atoms with E-state index in [1.165, 1.54) is 11.5 Å². The van der Waals surface area contributed by atoms with Gasteiger partial charge in [0.15, 0.2) is 4.77 Å². The van der Waals surface area contributed by atoms with Gasteiger partial charge in [0.25, 0.3) is 5.56 Å². The maximum Gasteiger partial charge on any atom is 0.261 e. The minimum atomic E-state index is -0.684. The van der Waals surface area contributed by atoms with Crippen molar-refractivity contribution in [2.75, 3.05) is 6.54 Å². The number of nitrogens with one attached hydrogen (secondary N) is 1. The van der Waals surface area contributed by atoms with Gasteiger partial charge in [0, 0.05) is 13.5 Å². The van der Waals surface area contributed by atoms with Crippen LogP contribution in [0.25, 0.3) is 5.69 Å². The highest BCUT2D eigenvalue weighted by atomic mass is 32.1. The average Bonchev–Trinajstić information content (AvgIpc) is 2.68. The molecule has 1 aliphatic heterocycles. The summed E-state index contributed by atoms with van der Waals surface area (Å²) in [7, 11) is 0. The van der Waals surface area contributed by atoms with Crippen molar-refractivity contribution in [2.24, 2.45) is 0 Å². The predicted octanol–water partition coefficient (Wildman–Crippen LogP) is 3.09. The van der Waals surface area contributed by atoms with Crippen molar-refractivity contribution in [3.8, 4) is 11.6 Å². The van der Waals surface area contributed by atoms with Crippen LogP contribution in [0.1, 0.15) is 29.7 Å². The van der Waals surface area contributed by atoms with E-state index in [2.05, 4.69) is 4.98 Å². The van der Waals surface area contributed by atoms with Crippen LogP contribution in [0.4, 0.5) is 0 Å². The van der Waals surface area contributed by atoms with E-state index in [0.29, 0.717) is 18.7 Å². The molecule has 0 fully saturated rings. The first-order valence-corrected chi connectivity index (χ1v) is 9.38. The second kappa shape index (κ2) is 7.09. The molecule has 7 heteroatoms. The van der Waals surface area contributed by atoms with Gasteiger partial charge >= 0.3 is 0 Å². The van der Waals surface area contributed by atoms with Crippen LogP contribution in [0.3, 0.4) is 0 Å². The number of rotatable bonds is 2. The molecule has 4 rings (SSSR count). The molecule has 28 heavy (non-hydrogen) atoms. The zero-order chi connectivity index (χ0) is 19.8. The fourth-order valence-electron chi connectivity index (χ4n) is 3.82. The highest BCUT2D eigenvalue weighted by Crippen LogP contribution is 2.37. The molecule has 0 aliphatic carbocycles. The molecular weight excluding hydrogens is 374 g/mol. The van der Waals surface area contributed by atoms with Crippen LogP contribution < -0.4 is 5.56 Å². The molecule has 0 spiro atoms. The van der Waals surface area contributed by atoms with Gasteiger partial charge < -0.3 is 10.0 Å². The van der Waals surface area contributed by atoms with Crippen LogP contribution in [0.15, 0.2) is 59.4 Å². The van der Waals surface area contributed by atoms with E-state index in [1.807, 2.05) is 42.5 Å². The van der Waals surface area contributed by atoms with Gasteiger partial charge in [0.1, 0.15) is 5.56 Å². The largest absolute Gasteiger partial charge is 0.494 e. The molecule has 0 bridgehead atoms. The minimum Gasteiger partial charge on any atom is -0.494 e. The normalized spacial score (nSPS) is 15.9. The first-order chi connectivity index (χ1) is 13.5. The molecule has 2 heterocycles. The molecule has 1 aliphatic rings. The lowest BCUT2D eigenvalue weighted by atomic mass is 9.89. The summed E-state index contributed by atoms with van der Waals surface area (Å²) in [5, 5.41) is 11.1. The maximum atomic E-state index is 12.9. The molecule has 142 valence electrons. The quantitative estimate of drug-likeness (QED) is 0.656. The fraction of sp³-hybridized carbons (Fsp3) is 0.190. The second-order valence-electron chi connectivity index (χ2n) is 6.73. The lowest BCUT2D eigenvalue weighted by Crippen LogP contribution is -2.41. The Balaban J connectivity index is 2.02. The Labute approximate surface area is 166 Å². The molecule has 3 aromatic rings. The number of carbonyl (C=O) groups excluding carboxylic acids is 1. The summed E-state index contributed by atoms with van der Waals surface area (Å²) in [6, 6.07) is 16.1. The summed E-state index contributed by atoms with van der Waals surface area (Å²) in [5.41, 5.74) is 2.13. The van der Waals surface area contributed by atoms with Crippen molar-refractivity contribution < 1.29 is 9.90 Å². The van der Waals surface area contributed by atoms with Gasteiger partial charge in [0.05, 0.1) is 11.7 Å². The van der Waals surface area contributed by atoms with Gasteiger partial charge in [-0.1, -0.05) is 42.5 Å². The molecule has 0 saturated heterocycles. The number of H-pyrrole nitrogens is 1. The Hall–Kier alpha value is -3.19. The highest BCUT2D eigenvalue weighted by molar-refractivity contribution is 7.71. The van der Waals surface area contributed by atoms with Crippen molar-refractivity contribution in [1.29, 1.82) is 0 Å². The molecule has 2 aromatic carbocycles. The van der Waals surface area contributed by atoms with E-state index in [1.54, 1.807) is 17.0 Å². The standard InChI is InChI=1S/C21H19N3O3S/c1-13(25)23-12-11-14-7-5-6-10-16(14)18(23)17-19(26)22-21(28)24(20(17)27)15-8-3-2-4-9-15/h2-10,18,27H,11-12H2,1H3,(H,22,26,28)/t18-/m1/s1. The molecule has 0 saturated carbocycles. The van der Waals surface area contributed by atoms with Crippen LogP contribution in [-0.4, -0.2) is 32.0 Å². The molecule has 1 aromatic heterocycles. The number of aromatic nitrogens is 2. The van der Waals surface area contributed by atoms with E-state index in [0.717, 1.165) is 11.1 Å². The summed E-state index contributed by atoms with van der Waals surface area (Å²) in [6.45, 7) is 1.94. The zero-order valence-electron chi connectivity index (χ0n) is 15.3. The molecule has 0 unspecified atom stereocenters. The lowest BCUT2D eigenvalue weighted by Gasteiger charge is -2.37. The van der Waals surface area contributed by atoms with Crippen LogP contribution >= 0.6 is 12.2 Å². The van der Waals surface area contributed by atoms with Crippen LogP contribution in [0.5, 0.6) is 5.88 Å².